The van der Waals surface area contributed by atoms with E-state index in [1.807, 2.05) is 11.6 Å². The molecule has 0 radical (unpaired) electrons. The molecule has 12 heteroatoms. The fraction of sp³-hybridized carbons (Fsp3) is 0.267. The van der Waals surface area contributed by atoms with Gasteiger partial charge in [0.1, 0.15) is 22.2 Å². The van der Waals surface area contributed by atoms with Crippen LogP contribution >= 0.6 is 22.7 Å². The summed E-state index contributed by atoms with van der Waals surface area (Å²) in [6.45, 7) is 2.58. The number of imidazole rings is 1. The molecule has 1 aliphatic heterocycles. The monoisotopic (exact) mass is 607 g/mol. The lowest BCUT2D eigenvalue weighted by atomic mass is 10.0. The van der Waals surface area contributed by atoms with Crippen molar-refractivity contribution in [1.82, 2.24) is 24.6 Å². The Morgan fingerprint density at radius 1 is 1.10 bits per heavy atom. The molecule has 0 aliphatic carbocycles. The van der Waals surface area contributed by atoms with Crippen LogP contribution in [0.4, 0.5) is 8.78 Å². The van der Waals surface area contributed by atoms with E-state index in [0.29, 0.717) is 38.9 Å². The van der Waals surface area contributed by atoms with Crippen molar-refractivity contribution in [3.8, 4) is 26.8 Å². The van der Waals surface area contributed by atoms with Crippen LogP contribution in [0.3, 0.4) is 0 Å². The Morgan fingerprint density at radius 2 is 1.88 bits per heavy atom. The van der Waals surface area contributed by atoms with Gasteiger partial charge in [-0.25, -0.2) is 18.7 Å². The first-order valence-corrected chi connectivity index (χ1v) is 15.2. The molecule has 1 atom stereocenters. The van der Waals surface area contributed by atoms with Crippen molar-refractivity contribution in [3.63, 3.8) is 0 Å². The van der Waals surface area contributed by atoms with E-state index in [2.05, 4.69) is 15.3 Å². The van der Waals surface area contributed by atoms with Crippen molar-refractivity contribution in [2.75, 3.05) is 20.2 Å². The SMILES string of the molecule is COc1ccc(-c2nc(C(=O)N3CCCC[C@H]3CNC(=O)c3c(C)nc4sccn34)c(-c3ccc(F)cc3)s2)cc1F. The van der Waals surface area contributed by atoms with Crippen LogP contribution in [0, 0.1) is 18.6 Å². The van der Waals surface area contributed by atoms with Crippen molar-refractivity contribution in [2.24, 2.45) is 0 Å². The van der Waals surface area contributed by atoms with Crippen molar-refractivity contribution in [1.29, 1.82) is 0 Å². The lowest BCUT2D eigenvalue weighted by Gasteiger charge is -2.35. The van der Waals surface area contributed by atoms with Crippen molar-refractivity contribution < 1.29 is 23.1 Å². The molecule has 8 nitrogen and oxygen atoms in total. The lowest BCUT2D eigenvalue weighted by molar-refractivity contribution is 0.0598. The molecule has 6 rings (SSSR count). The number of thiazole rings is 2. The lowest BCUT2D eigenvalue weighted by Crippen LogP contribution is -2.49. The molecule has 2 aromatic carbocycles. The summed E-state index contributed by atoms with van der Waals surface area (Å²) in [5.41, 5.74) is 2.47. The van der Waals surface area contributed by atoms with Crippen molar-refractivity contribution in [2.45, 2.75) is 32.2 Å². The summed E-state index contributed by atoms with van der Waals surface area (Å²) < 4.78 is 35.1. The zero-order valence-electron chi connectivity index (χ0n) is 22.9. The fourth-order valence-corrected chi connectivity index (χ4v) is 7.08. The summed E-state index contributed by atoms with van der Waals surface area (Å²) in [4.78, 5) is 39.5. The molecule has 0 unspecified atom stereocenters. The van der Waals surface area contributed by atoms with E-state index in [1.165, 1.54) is 54.0 Å². The number of carbonyl (C=O) groups is 2. The standard InChI is InChI=1S/C30H27F2N5O3S2/c1-17-25(37-13-14-41-30(37)34-17)27(38)33-16-21-5-3-4-12-36(21)29(39)24-26(18-6-9-20(31)10-7-18)42-28(35-24)19-8-11-23(40-2)22(32)15-19/h6-11,13-15,21H,3-5,12,16H2,1-2H3,(H,33,38)/t21-/m0/s1. The van der Waals surface area contributed by atoms with Gasteiger partial charge in [-0.3, -0.25) is 14.0 Å². The number of methoxy groups -OCH3 is 1. The summed E-state index contributed by atoms with van der Waals surface area (Å²) in [5.74, 6) is -1.37. The molecule has 1 aliphatic rings. The zero-order valence-corrected chi connectivity index (χ0v) is 24.5. The maximum Gasteiger partial charge on any atom is 0.274 e. The summed E-state index contributed by atoms with van der Waals surface area (Å²) >= 11 is 2.70. The number of amides is 2. The van der Waals surface area contributed by atoms with E-state index in [-0.39, 0.29) is 35.8 Å². The largest absolute Gasteiger partial charge is 0.494 e. The number of benzene rings is 2. The topological polar surface area (TPSA) is 88.8 Å². The number of nitrogens with one attached hydrogen (secondary N) is 1. The van der Waals surface area contributed by atoms with E-state index in [1.54, 1.807) is 34.4 Å². The summed E-state index contributed by atoms with van der Waals surface area (Å²) in [7, 11) is 1.39. The second kappa shape index (κ2) is 11.6. The third-order valence-corrected chi connectivity index (χ3v) is 9.28. The van der Waals surface area contributed by atoms with Crippen LogP contribution < -0.4 is 10.1 Å². The van der Waals surface area contributed by atoms with Crippen LogP contribution in [0.1, 0.15) is 45.9 Å². The van der Waals surface area contributed by atoms with Gasteiger partial charge in [0, 0.05) is 36.3 Å². The molecule has 0 bridgehead atoms. The second-order valence-electron chi connectivity index (χ2n) is 10.0. The zero-order chi connectivity index (χ0) is 29.4. The van der Waals surface area contributed by atoms with Crippen LogP contribution in [0.15, 0.2) is 54.0 Å². The van der Waals surface area contributed by atoms with E-state index in [9.17, 15) is 18.4 Å². The van der Waals surface area contributed by atoms with E-state index >= 15 is 0 Å². The number of hydrogen-bond acceptors (Lipinski definition) is 7. The molecule has 2 amide bonds. The normalized spacial score (nSPS) is 15.2. The van der Waals surface area contributed by atoms with Gasteiger partial charge in [-0.05, 0) is 62.1 Å². The minimum absolute atomic E-state index is 0.106. The number of fused-ring (bicyclic) bond motifs is 1. The van der Waals surface area contributed by atoms with Crippen molar-refractivity contribution in [3.05, 3.63) is 82.8 Å². The molecule has 3 aromatic heterocycles. The van der Waals surface area contributed by atoms with Crippen molar-refractivity contribution >= 4 is 39.4 Å². The van der Waals surface area contributed by atoms with Crippen LogP contribution in [0.25, 0.3) is 26.0 Å². The van der Waals surface area contributed by atoms with Gasteiger partial charge in [-0.2, -0.15) is 0 Å². The molecular formula is C30H27F2N5O3S2. The minimum Gasteiger partial charge on any atom is -0.494 e. The number of aromatic nitrogens is 3. The molecule has 1 fully saturated rings. The molecule has 0 saturated carbocycles. The Bertz CT molecular complexity index is 1780. The first kappa shape index (κ1) is 28.0. The molecule has 5 aromatic rings. The number of likely N-dealkylation sites (tertiary alicyclic amines) is 1. The van der Waals surface area contributed by atoms with Gasteiger partial charge >= 0.3 is 0 Å². The molecule has 42 heavy (non-hydrogen) atoms. The number of carbonyl (C=O) groups excluding carboxylic acids is 2. The Kier molecular flexibility index (Phi) is 7.74. The van der Waals surface area contributed by atoms with Gasteiger partial charge in [-0.15, -0.1) is 22.7 Å². The highest BCUT2D eigenvalue weighted by molar-refractivity contribution is 7.18. The molecule has 4 heterocycles. The molecular weight excluding hydrogens is 580 g/mol. The van der Waals surface area contributed by atoms with Gasteiger partial charge in [0.25, 0.3) is 11.8 Å². The van der Waals surface area contributed by atoms with E-state index < -0.39 is 11.6 Å². The molecule has 1 saturated heterocycles. The number of rotatable bonds is 7. The van der Waals surface area contributed by atoms with Crippen LogP contribution in [-0.4, -0.2) is 57.3 Å². The van der Waals surface area contributed by atoms with Gasteiger partial charge in [0.05, 0.1) is 17.7 Å². The maximum absolute atomic E-state index is 14.6. The summed E-state index contributed by atoms with van der Waals surface area (Å²) in [6, 6.07) is 10.1. The van der Waals surface area contributed by atoms with Gasteiger partial charge < -0.3 is 15.0 Å². The predicted octanol–water partition coefficient (Wildman–Crippen LogP) is 6.21. The smallest absolute Gasteiger partial charge is 0.274 e. The highest BCUT2D eigenvalue weighted by Gasteiger charge is 2.32. The summed E-state index contributed by atoms with van der Waals surface area (Å²) in [5, 5.41) is 5.34. The first-order chi connectivity index (χ1) is 20.3. The number of nitrogens with zero attached hydrogens (tertiary/aromatic N) is 4. The Labute approximate surface area is 248 Å². The average Bonchev–Trinajstić information content (AvgIpc) is 3.71. The first-order valence-electron chi connectivity index (χ1n) is 13.5. The molecule has 0 spiro atoms. The highest BCUT2D eigenvalue weighted by Crippen LogP contribution is 2.38. The third-order valence-electron chi connectivity index (χ3n) is 7.37. The Balaban J connectivity index is 1.30. The van der Waals surface area contributed by atoms with E-state index in [4.69, 9.17) is 4.74 Å². The second-order valence-corrected chi connectivity index (χ2v) is 11.9. The molecule has 216 valence electrons. The highest BCUT2D eigenvalue weighted by atomic mass is 32.1. The number of hydrogen-bond donors (Lipinski definition) is 1. The van der Waals surface area contributed by atoms with Gasteiger partial charge in [0.2, 0.25) is 0 Å². The number of ether oxygens (including phenoxy) is 1. The quantitative estimate of drug-likeness (QED) is 0.238. The fourth-order valence-electron chi connectivity index (χ4n) is 5.26. The van der Waals surface area contributed by atoms with E-state index in [0.717, 1.165) is 24.2 Å². The average molecular weight is 608 g/mol. The molecule has 1 N–H and O–H groups in total. The Hall–Kier alpha value is -4.16. The number of piperidine rings is 1. The van der Waals surface area contributed by atoms with Crippen LogP contribution in [0.5, 0.6) is 5.75 Å². The number of aryl methyl sites for hydroxylation is 1. The Morgan fingerprint density at radius 3 is 2.64 bits per heavy atom. The predicted molar refractivity (Wildman–Crippen MR) is 158 cm³/mol. The van der Waals surface area contributed by atoms with Gasteiger partial charge in [-0.1, -0.05) is 12.1 Å². The van der Waals surface area contributed by atoms with Gasteiger partial charge in [0.15, 0.2) is 16.5 Å². The summed E-state index contributed by atoms with van der Waals surface area (Å²) in [6.07, 6.45) is 4.28. The minimum atomic E-state index is -0.540. The number of halogens is 2. The maximum atomic E-state index is 14.6. The third kappa shape index (κ3) is 5.27. The van der Waals surface area contributed by atoms with Crippen LogP contribution in [-0.2, 0) is 0 Å². The van der Waals surface area contributed by atoms with Crippen LogP contribution in [0.2, 0.25) is 0 Å².